The van der Waals surface area contributed by atoms with Gasteiger partial charge in [-0.3, -0.25) is 9.59 Å². The molecular weight excluding hydrogens is 316 g/mol. The molecule has 0 aliphatic carbocycles. The first kappa shape index (κ1) is 16.8. The first-order chi connectivity index (χ1) is 11.9. The van der Waals surface area contributed by atoms with Crippen LogP contribution in [0.3, 0.4) is 0 Å². The van der Waals surface area contributed by atoms with Crippen molar-refractivity contribution in [2.45, 2.75) is 20.3 Å². The van der Waals surface area contributed by atoms with Gasteiger partial charge in [0.1, 0.15) is 5.69 Å². The number of hydrazone groups is 1. The Morgan fingerprint density at radius 2 is 1.92 bits per heavy atom. The number of carbonyl (C=O) groups is 2. The van der Waals surface area contributed by atoms with Gasteiger partial charge in [0.15, 0.2) is 0 Å². The van der Waals surface area contributed by atoms with Crippen molar-refractivity contribution in [1.82, 2.24) is 9.99 Å². The Balaban J connectivity index is 1.75. The lowest BCUT2D eigenvalue weighted by Crippen LogP contribution is -2.33. The van der Waals surface area contributed by atoms with Crippen LogP contribution in [-0.2, 0) is 4.79 Å². The normalized spacial score (nSPS) is 17.2. The fourth-order valence-electron chi connectivity index (χ4n) is 2.74. The van der Waals surface area contributed by atoms with Crippen molar-refractivity contribution in [3.05, 3.63) is 59.4 Å². The van der Waals surface area contributed by atoms with Gasteiger partial charge in [0.25, 0.3) is 5.91 Å². The highest BCUT2D eigenvalue weighted by molar-refractivity contribution is 6.06. The number of benzene rings is 1. The van der Waals surface area contributed by atoms with Gasteiger partial charge in [-0.1, -0.05) is 25.1 Å². The highest BCUT2D eigenvalue weighted by Gasteiger charge is 2.25. The molecule has 1 aromatic heterocycles. The highest BCUT2D eigenvalue weighted by atomic mass is 16.2. The molecule has 1 aromatic carbocycles. The first-order valence-corrected chi connectivity index (χ1v) is 8.14. The average Bonchev–Trinajstić information content (AvgIpc) is 2.59. The van der Waals surface area contributed by atoms with Crippen LogP contribution in [0.5, 0.6) is 0 Å². The van der Waals surface area contributed by atoms with Crippen molar-refractivity contribution in [3.63, 3.8) is 0 Å². The summed E-state index contributed by atoms with van der Waals surface area (Å²) in [6.45, 7) is 3.84. The number of rotatable bonds is 3. The Kier molecular flexibility index (Phi) is 4.61. The number of amides is 2. The zero-order chi connectivity index (χ0) is 18.0. The van der Waals surface area contributed by atoms with Crippen molar-refractivity contribution in [1.29, 1.82) is 0 Å². The molecule has 25 heavy (non-hydrogen) atoms. The Labute approximate surface area is 146 Å². The molecule has 6 heteroatoms. The predicted octanol–water partition coefficient (Wildman–Crippen LogP) is 2.84. The minimum absolute atomic E-state index is 0.0192. The number of carbonyl (C=O) groups excluding carboxylic acids is 2. The number of hydrogen-bond donors (Lipinski definition) is 1. The minimum Gasteiger partial charge on any atom is -0.321 e. The van der Waals surface area contributed by atoms with Gasteiger partial charge in [-0.05, 0) is 36.8 Å². The van der Waals surface area contributed by atoms with Gasteiger partial charge in [0, 0.05) is 30.8 Å². The second-order valence-electron chi connectivity index (χ2n) is 6.20. The minimum atomic E-state index is -0.245. The van der Waals surface area contributed by atoms with E-state index in [1.807, 2.05) is 44.2 Å². The Morgan fingerprint density at radius 1 is 1.20 bits per heavy atom. The van der Waals surface area contributed by atoms with Crippen molar-refractivity contribution >= 4 is 23.2 Å². The summed E-state index contributed by atoms with van der Waals surface area (Å²) in [6, 6.07) is 12.8. The molecular formula is C19H20N4O2. The standard InChI is InChI=1S/C19H20N4O2/c1-12-11-17(24)23(3)22-18(12)14-7-9-15(10-8-14)21-19(25)16-6-4-5-13(2)20-16/h4-10,12H,11H2,1-3H3,(H,21,25). The molecule has 2 amide bonds. The Hall–Kier alpha value is -3.02. The number of pyridine rings is 1. The van der Waals surface area contributed by atoms with Gasteiger partial charge in [0.2, 0.25) is 5.91 Å². The third-order valence-corrected chi connectivity index (χ3v) is 4.13. The molecule has 1 unspecified atom stereocenters. The first-order valence-electron chi connectivity index (χ1n) is 8.14. The van der Waals surface area contributed by atoms with Crippen molar-refractivity contribution in [2.24, 2.45) is 11.0 Å². The molecule has 0 saturated heterocycles. The number of aryl methyl sites for hydroxylation is 1. The number of anilines is 1. The molecule has 128 valence electrons. The van der Waals surface area contributed by atoms with Crippen LogP contribution < -0.4 is 5.32 Å². The molecule has 0 bridgehead atoms. The van der Waals surface area contributed by atoms with E-state index in [2.05, 4.69) is 15.4 Å². The lowest BCUT2D eigenvalue weighted by molar-refractivity contribution is -0.131. The maximum absolute atomic E-state index is 12.2. The van der Waals surface area contributed by atoms with E-state index in [9.17, 15) is 9.59 Å². The molecule has 3 rings (SSSR count). The molecule has 2 aromatic rings. The third kappa shape index (κ3) is 3.74. The highest BCUT2D eigenvalue weighted by Crippen LogP contribution is 2.21. The molecule has 0 saturated carbocycles. The molecule has 0 fully saturated rings. The van der Waals surface area contributed by atoms with Gasteiger partial charge in [-0.2, -0.15) is 5.10 Å². The van der Waals surface area contributed by atoms with Gasteiger partial charge in [-0.25, -0.2) is 9.99 Å². The predicted molar refractivity (Wildman–Crippen MR) is 96.5 cm³/mol. The van der Waals surface area contributed by atoms with E-state index in [4.69, 9.17) is 0 Å². The summed E-state index contributed by atoms with van der Waals surface area (Å²) in [5.74, 6) is -0.156. The number of hydrogen-bond acceptors (Lipinski definition) is 4. The van der Waals surface area contributed by atoms with E-state index in [-0.39, 0.29) is 17.7 Å². The van der Waals surface area contributed by atoms with Gasteiger partial charge >= 0.3 is 0 Å². The summed E-state index contributed by atoms with van der Waals surface area (Å²) in [5, 5.41) is 8.59. The van der Waals surface area contributed by atoms with Crippen LogP contribution in [0.25, 0.3) is 0 Å². The van der Waals surface area contributed by atoms with E-state index < -0.39 is 0 Å². The van der Waals surface area contributed by atoms with E-state index in [1.54, 1.807) is 19.2 Å². The molecule has 1 N–H and O–H groups in total. The monoisotopic (exact) mass is 336 g/mol. The van der Waals surface area contributed by atoms with Crippen LogP contribution in [0.1, 0.15) is 35.1 Å². The zero-order valence-corrected chi connectivity index (χ0v) is 14.5. The van der Waals surface area contributed by atoms with Crippen LogP contribution in [0, 0.1) is 12.8 Å². The van der Waals surface area contributed by atoms with E-state index in [0.29, 0.717) is 17.8 Å². The fraction of sp³-hybridized carbons (Fsp3) is 0.263. The molecule has 6 nitrogen and oxygen atoms in total. The topological polar surface area (TPSA) is 74.7 Å². The summed E-state index contributed by atoms with van der Waals surface area (Å²) in [4.78, 5) is 28.1. The van der Waals surface area contributed by atoms with E-state index in [1.165, 1.54) is 5.01 Å². The maximum atomic E-state index is 12.2. The zero-order valence-electron chi connectivity index (χ0n) is 14.5. The third-order valence-electron chi connectivity index (χ3n) is 4.13. The van der Waals surface area contributed by atoms with Crippen molar-refractivity contribution < 1.29 is 9.59 Å². The van der Waals surface area contributed by atoms with Crippen LogP contribution in [0.2, 0.25) is 0 Å². The van der Waals surface area contributed by atoms with Crippen LogP contribution in [0.15, 0.2) is 47.6 Å². The van der Waals surface area contributed by atoms with Crippen molar-refractivity contribution in [3.8, 4) is 0 Å². The fourth-order valence-corrected chi connectivity index (χ4v) is 2.74. The van der Waals surface area contributed by atoms with Crippen LogP contribution in [-0.4, -0.2) is 34.6 Å². The number of nitrogens with zero attached hydrogens (tertiary/aromatic N) is 3. The molecule has 0 radical (unpaired) electrons. The molecule has 1 aliphatic rings. The molecule has 1 aliphatic heterocycles. The average molecular weight is 336 g/mol. The quantitative estimate of drug-likeness (QED) is 0.936. The smallest absolute Gasteiger partial charge is 0.274 e. The lowest BCUT2D eigenvalue weighted by Gasteiger charge is -2.24. The number of nitrogens with one attached hydrogen (secondary N) is 1. The van der Waals surface area contributed by atoms with Gasteiger partial charge in [0.05, 0.1) is 5.71 Å². The van der Waals surface area contributed by atoms with E-state index >= 15 is 0 Å². The summed E-state index contributed by atoms with van der Waals surface area (Å²) >= 11 is 0. The van der Waals surface area contributed by atoms with Crippen LogP contribution in [0.4, 0.5) is 5.69 Å². The van der Waals surface area contributed by atoms with Gasteiger partial charge < -0.3 is 5.32 Å². The van der Waals surface area contributed by atoms with Crippen molar-refractivity contribution in [2.75, 3.05) is 12.4 Å². The molecule has 1 atom stereocenters. The summed E-state index contributed by atoms with van der Waals surface area (Å²) in [5.41, 5.74) is 3.69. The summed E-state index contributed by atoms with van der Waals surface area (Å²) in [6.07, 6.45) is 0.451. The van der Waals surface area contributed by atoms with E-state index in [0.717, 1.165) is 17.0 Å². The summed E-state index contributed by atoms with van der Waals surface area (Å²) < 4.78 is 0. The maximum Gasteiger partial charge on any atom is 0.274 e. The second kappa shape index (κ2) is 6.84. The summed E-state index contributed by atoms with van der Waals surface area (Å²) in [7, 11) is 1.66. The number of aromatic nitrogens is 1. The lowest BCUT2D eigenvalue weighted by atomic mass is 9.94. The Bertz CT molecular complexity index is 843. The SMILES string of the molecule is Cc1cccc(C(=O)Nc2ccc(C3=NN(C)C(=O)CC3C)cc2)n1. The molecule has 2 heterocycles. The Morgan fingerprint density at radius 3 is 2.60 bits per heavy atom. The largest absolute Gasteiger partial charge is 0.321 e. The molecule has 0 spiro atoms. The van der Waals surface area contributed by atoms with Crippen LogP contribution >= 0.6 is 0 Å². The van der Waals surface area contributed by atoms with Gasteiger partial charge in [-0.15, -0.1) is 0 Å². The second-order valence-corrected chi connectivity index (χ2v) is 6.20.